The molecular weight excluding hydrogens is 296 g/mol. The maximum Gasteiger partial charge on any atom is 0.343 e. The van der Waals surface area contributed by atoms with Crippen LogP contribution in [0.5, 0.6) is 5.75 Å². The van der Waals surface area contributed by atoms with Crippen LogP contribution in [0.15, 0.2) is 24.3 Å². The van der Waals surface area contributed by atoms with Gasteiger partial charge in [-0.05, 0) is 25.1 Å². The van der Waals surface area contributed by atoms with Gasteiger partial charge in [0, 0.05) is 18.3 Å². The first-order valence-electron chi connectivity index (χ1n) is 6.50. The molecule has 116 valence electrons. The maximum atomic E-state index is 12.0. The zero-order valence-corrected chi connectivity index (χ0v) is 12.6. The Labute approximate surface area is 129 Å². The quantitative estimate of drug-likeness (QED) is 0.799. The molecule has 0 radical (unpaired) electrons. The molecule has 0 bridgehead atoms. The smallest absolute Gasteiger partial charge is 0.343 e. The number of esters is 1. The van der Waals surface area contributed by atoms with E-state index in [0.29, 0.717) is 18.0 Å². The highest BCUT2D eigenvalue weighted by Crippen LogP contribution is 2.19. The SMILES string of the molecule is COC(=O)COc1cccc(NC(=O)C2CCNC2)c1.Cl. The van der Waals surface area contributed by atoms with Crippen molar-refractivity contribution in [3.63, 3.8) is 0 Å². The van der Waals surface area contributed by atoms with Crippen LogP contribution in [0.4, 0.5) is 5.69 Å². The molecular formula is C14H19ClN2O4. The van der Waals surface area contributed by atoms with E-state index in [1.54, 1.807) is 24.3 Å². The van der Waals surface area contributed by atoms with Crippen LogP contribution >= 0.6 is 12.4 Å². The van der Waals surface area contributed by atoms with Gasteiger partial charge in [0.05, 0.1) is 13.0 Å². The number of hydrogen-bond donors (Lipinski definition) is 2. The second kappa shape index (κ2) is 8.49. The third-order valence-electron chi connectivity index (χ3n) is 3.12. The molecule has 1 unspecified atom stereocenters. The number of benzene rings is 1. The Kier molecular flexibility index (Phi) is 6.98. The van der Waals surface area contributed by atoms with Gasteiger partial charge in [-0.3, -0.25) is 4.79 Å². The molecule has 0 aliphatic carbocycles. The highest BCUT2D eigenvalue weighted by atomic mass is 35.5. The van der Waals surface area contributed by atoms with Gasteiger partial charge in [-0.2, -0.15) is 0 Å². The number of halogens is 1. The molecule has 1 aliphatic rings. The Morgan fingerprint density at radius 1 is 1.43 bits per heavy atom. The van der Waals surface area contributed by atoms with E-state index in [9.17, 15) is 9.59 Å². The van der Waals surface area contributed by atoms with E-state index in [1.807, 2.05) is 0 Å². The number of ether oxygens (including phenoxy) is 2. The monoisotopic (exact) mass is 314 g/mol. The molecule has 1 heterocycles. The van der Waals surface area contributed by atoms with E-state index >= 15 is 0 Å². The molecule has 1 saturated heterocycles. The molecule has 21 heavy (non-hydrogen) atoms. The summed E-state index contributed by atoms with van der Waals surface area (Å²) in [6, 6.07) is 6.94. The van der Waals surface area contributed by atoms with Crippen LogP contribution in [0.3, 0.4) is 0 Å². The molecule has 2 N–H and O–H groups in total. The Morgan fingerprint density at radius 3 is 2.90 bits per heavy atom. The number of methoxy groups -OCH3 is 1. The van der Waals surface area contributed by atoms with E-state index in [1.165, 1.54) is 7.11 Å². The highest BCUT2D eigenvalue weighted by molar-refractivity contribution is 5.93. The van der Waals surface area contributed by atoms with Crippen molar-refractivity contribution < 1.29 is 19.1 Å². The van der Waals surface area contributed by atoms with Crippen molar-refractivity contribution in [1.29, 1.82) is 0 Å². The molecule has 0 aromatic heterocycles. The average Bonchev–Trinajstić information content (AvgIpc) is 2.99. The number of rotatable bonds is 5. The minimum atomic E-state index is -0.448. The number of anilines is 1. The van der Waals surface area contributed by atoms with Crippen molar-refractivity contribution >= 4 is 30.0 Å². The van der Waals surface area contributed by atoms with Gasteiger partial charge in [0.15, 0.2) is 6.61 Å². The van der Waals surface area contributed by atoms with Gasteiger partial charge in [0.1, 0.15) is 5.75 Å². The van der Waals surface area contributed by atoms with Gasteiger partial charge in [-0.15, -0.1) is 12.4 Å². The summed E-state index contributed by atoms with van der Waals surface area (Å²) in [7, 11) is 1.30. The van der Waals surface area contributed by atoms with Crippen molar-refractivity contribution in [2.45, 2.75) is 6.42 Å². The summed E-state index contributed by atoms with van der Waals surface area (Å²) in [6.45, 7) is 1.44. The predicted octanol–water partition coefficient (Wildman–Crippen LogP) is 1.21. The lowest BCUT2D eigenvalue weighted by Crippen LogP contribution is -2.24. The summed E-state index contributed by atoms with van der Waals surface area (Å²) >= 11 is 0. The van der Waals surface area contributed by atoms with Crippen molar-refractivity contribution in [3.05, 3.63) is 24.3 Å². The van der Waals surface area contributed by atoms with Crippen LogP contribution in [-0.2, 0) is 14.3 Å². The molecule has 0 spiro atoms. The average molecular weight is 315 g/mol. The molecule has 0 saturated carbocycles. The zero-order valence-electron chi connectivity index (χ0n) is 11.8. The fourth-order valence-electron chi connectivity index (χ4n) is 1.99. The molecule has 1 amide bonds. The van der Waals surface area contributed by atoms with Crippen LogP contribution < -0.4 is 15.4 Å². The second-order valence-electron chi connectivity index (χ2n) is 4.57. The van der Waals surface area contributed by atoms with E-state index in [4.69, 9.17) is 4.74 Å². The number of hydrogen-bond acceptors (Lipinski definition) is 5. The number of carbonyl (C=O) groups excluding carboxylic acids is 2. The predicted molar refractivity (Wildman–Crippen MR) is 80.8 cm³/mol. The Balaban J connectivity index is 0.00000220. The fourth-order valence-corrected chi connectivity index (χ4v) is 1.99. The van der Waals surface area contributed by atoms with Crippen LogP contribution in [0.25, 0.3) is 0 Å². The second-order valence-corrected chi connectivity index (χ2v) is 4.57. The van der Waals surface area contributed by atoms with Crippen LogP contribution in [0.2, 0.25) is 0 Å². The summed E-state index contributed by atoms with van der Waals surface area (Å²) < 4.78 is 9.76. The van der Waals surface area contributed by atoms with Crippen molar-refractivity contribution in [3.8, 4) is 5.75 Å². The molecule has 7 heteroatoms. The Bertz CT molecular complexity index is 490. The lowest BCUT2D eigenvalue weighted by Gasteiger charge is -2.11. The van der Waals surface area contributed by atoms with Crippen LogP contribution in [0, 0.1) is 5.92 Å². The number of amides is 1. The first-order chi connectivity index (χ1) is 9.69. The first-order valence-corrected chi connectivity index (χ1v) is 6.50. The van der Waals surface area contributed by atoms with Gasteiger partial charge in [0.25, 0.3) is 0 Å². The van der Waals surface area contributed by atoms with E-state index < -0.39 is 5.97 Å². The summed E-state index contributed by atoms with van der Waals surface area (Å²) in [5, 5.41) is 6.00. The van der Waals surface area contributed by atoms with Crippen molar-refractivity contribution in [2.24, 2.45) is 5.92 Å². The minimum absolute atomic E-state index is 0. The Hall–Kier alpha value is -1.79. The molecule has 6 nitrogen and oxygen atoms in total. The lowest BCUT2D eigenvalue weighted by atomic mass is 10.1. The molecule has 2 rings (SSSR count). The highest BCUT2D eigenvalue weighted by Gasteiger charge is 2.22. The van der Waals surface area contributed by atoms with Crippen LogP contribution in [-0.4, -0.2) is 38.7 Å². The minimum Gasteiger partial charge on any atom is -0.482 e. The molecule has 1 aromatic carbocycles. The van der Waals surface area contributed by atoms with Gasteiger partial charge in [0.2, 0.25) is 5.91 Å². The van der Waals surface area contributed by atoms with E-state index in [-0.39, 0.29) is 30.8 Å². The third-order valence-corrected chi connectivity index (χ3v) is 3.12. The first kappa shape index (κ1) is 17.3. The normalized spacial score (nSPS) is 16.7. The van der Waals surface area contributed by atoms with Crippen molar-refractivity contribution in [1.82, 2.24) is 5.32 Å². The van der Waals surface area contributed by atoms with Gasteiger partial charge in [-0.25, -0.2) is 4.79 Å². The van der Waals surface area contributed by atoms with E-state index in [0.717, 1.165) is 13.0 Å². The Morgan fingerprint density at radius 2 is 2.24 bits per heavy atom. The molecule has 1 atom stereocenters. The largest absolute Gasteiger partial charge is 0.482 e. The summed E-state index contributed by atoms with van der Waals surface area (Å²) in [5.41, 5.74) is 0.657. The number of nitrogens with one attached hydrogen (secondary N) is 2. The number of carbonyl (C=O) groups is 2. The molecule has 1 aliphatic heterocycles. The summed E-state index contributed by atoms with van der Waals surface area (Å²) in [4.78, 5) is 23.0. The summed E-state index contributed by atoms with van der Waals surface area (Å²) in [6.07, 6.45) is 0.852. The molecule has 1 aromatic rings. The van der Waals surface area contributed by atoms with Crippen molar-refractivity contribution in [2.75, 3.05) is 32.1 Å². The lowest BCUT2D eigenvalue weighted by molar-refractivity contribution is -0.142. The standard InChI is InChI=1S/C14H18N2O4.ClH/c1-19-13(17)9-20-12-4-2-3-11(7-12)16-14(18)10-5-6-15-8-10;/h2-4,7,10,15H,5-6,8-9H2,1H3,(H,16,18);1H. The fraction of sp³-hybridized carbons (Fsp3) is 0.429. The topological polar surface area (TPSA) is 76.7 Å². The van der Waals surface area contributed by atoms with Gasteiger partial charge in [-0.1, -0.05) is 6.07 Å². The van der Waals surface area contributed by atoms with Crippen LogP contribution in [0.1, 0.15) is 6.42 Å². The van der Waals surface area contributed by atoms with E-state index in [2.05, 4.69) is 15.4 Å². The van der Waals surface area contributed by atoms with Gasteiger partial charge >= 0.3 is 5.97 Å². The zero-order chi connectivity index (χ0) is 14.4. The molecule has 1 fully saturated rings. The third kappa shape index (κ3) is 5.24. The van der Waals surface area contributed by atoms with Gasteiger partial charge < -0.3 is 20.1 Å². The summed E-state index contributed by atoms with van der Waals surface area (Å²) in [5.74, 6) is 0.0731. The maximum absolute atomic E-state index is 12.0.